The fraction of sp³-hybridized carbons (Fsp3) is 0.600. The Labute approximate surface area is 110 Å². The van der Waals surface area contributed by atoms with Crippen LogP contribution in [0.15, 0.2) is 18.2 Å². The molecule has 1 unspecified atom stereocenters. The fourth-order valence-electron chi connectivity index (χ4n) is 2.52. The van der Waals surface area contributed by atoms with E-state index in [4.69, 9.17) is 4.74 Å². The van der Waals surface area contributed by atoms with E-state index in [1.807, 2.05) is 0 Å². The van der Waals surface area contributed by atoms with Crippen molar-refractivity contribution in [2.24, 2.45) is 0 Å². The SMILES string of the molecule is Cc1cc(C)cc(OCCN(C)C2CCNC2)c1. The van der Waals surface area contributed by atoms with Crippen molar-refractivity contribution < 1.29 is 4.74 Å². The van der Waals surface area contributed by atoms with Crippen molar-refractivity contribution in [1.29, 1.82) is 0 Å². The quantitative estimate of drug-likeness (QED) is 0.862. The Morgan fingerprint density at radius 2 is 2.00 bits per heavy atom. The molecule has 1 N–H and O–H groups in total. The highest BCUT2D eigenvalue weighted by atomic mass is 16.5. The van der Waals surface area contributed by atoms with Crippen LogP contribution in [0.5, 0.6) is 5.75 Å². The van der Waals surface area contributed by atoms with Crippen molar-refractivity contribution in [1.82, 2.24) is 10.2 Å². The minimum Gasteiger partial charge on any atom is -0.492 e. The minimum atomic E-state index is 0.674. The Balaban J connectivity index is 1.77. The summed E-state index contributed by atoms with van der Waals surface area (Å²) in [5.74, 6) is 0.991. The summed E-state index contributed by atoms with van der Waals surface area (Å²) in [6.45, 7) is 8.22. The number of rotatable bonds is 5. The van der Waals surface area contributed by atoms with E-state index in [9.17, 15) is 0 Å². The summed E-state index contributed by atoms with van der Waals surface area (Å²) in [6.07, 6.45) is 1.25. The van der Waals surface area contributed by atoms with Gasteiger partial charge in [-0.05, 0) is 57.1 Å². The van der Waals surface area contributed by atoms with Gasteiger partial charge in [0.15, 0.2) is 0 Å². The molecule has 100 valence electrons. The van der Waals surface area contributed by atoms with Crippen LogP contribution >= 0.6 is 0 Å². The molecule has 3 nitrogen and oxygen atoms in total. The van der Waals surface area contributed by atoms with E-state index in [1.165, 1.54) is 17.5 Å². The van der Waals surface area contributed by atoms with Gasteiger partial charge in [0.25, 0.3) is 0 Å². The van der Waals surface area contributed by atoms with Gasteiger partial charge in [0.1, 0.15) is 12.4 Å². The molecule has 1 aromatic carbocycles. The first-order valence-electron chi connectivity index (χ1n) is 6.77. The Kier molecular flexibility index (Phi) is 4.61. The van der Waals surface area contributed by atoms with Gasteiger partial charge in [-0.15, -0.1) is 0 Å². The monoisotopic (exact) mass is 248 g/mol. The summed E-state index contributed by atoms with van der Waals surface area (Å²) in [5.41, 5.74) is 2.52. The molecule has 0 aliphatic carbocycles. The molecule has 1 atom stereocenters. The number of ether oxygens (including phenoxy) is 1. The van der Waals surface area contributed by atoms with Crippen molar-refractivity contribution in [2.75, 3.05) is 33.3 Å². The second kappa shape index (κ2) is 6.21. The summed E-state index contributed by atoms with van der Waals surface area (Å²) >= 11 is 0. The maximum absolute atomic E-state index is 5.84. The van der Waals surface area contributed by atoms with Crippen molar-refractivity contribution in [3.63, 3.8) is 0 Å². The number of hydrogen-bond donors (Lipinski definition) is 1. The summed E-state index contributed by atoms with van der Waals surface area (Å²) in [7, 11) is 2.18. The van der Waals surface area contributed by atoms with E-state index in [0.29, 0.717) is 6.04 Å². The Hall–Kier alpha value is -1.06. The summed E-state index contributed by atoms with van der Waals surface area (Å²) in [4.78, 5) is 2.39. The van der Waals surface area contributed by atoms with E-state index in [2.05, 4.69) is 49.3 Å². The molecule has 0 aromatic heterocycles. The van der Waals surface area contributed by atoms with Crippen molar-refractivity contribution in [3.8, 4) is 5.75 Å². The van der Waals surface area contributed by atoms with Gasteiger partial charge in [-0.1, -0.05) is 6.07 Å². The highest BCUT2D eigenvalue weighted by Gasteiger charge is 2.18. The van der Waals surface area contributed by atoms with Crippen LogP contribution in [0.4, 0.5) is 0 Å². The Morgan fingerprint density at radius 3 is 2.61 bits per heavy atom. The molecule has 0 bridgehead atoms. The van der Waals surface area contributed by atoms with Crippen LogP contribution in [0.2, 0.25) is 0 Å². The van der Waals surface area contributed by atoms with Crippen LogP contribution < -0.4 is 10.1 Å². The topological polar surface area (TPSA) is 24.5 Å². The maximum atomic E-state index is 5.84. The van der Waals surface area contributed by atoms with Crippen LogP contribution in [0.3, 0.4) is 0 Å². The largest absolute Gasteiger partial charge is 0.492 e. The highest BCUT2D eigenvalue weighted by Crippen LogP contribution is 2.16. The van der Waals surface area contributed by atoms with Crippen molar-refractivity contribution in [2.45, 2.75) is 26.3 Å². The van der Waals surface area contributed by atoms with Crippen LogP contribution in [-0.4, -0.2) is 44.2 Å². The molecular weight excluding hydrogens is 224 g/mol. The number of aryl methyl sites for hydroxylation is 2. The van der Waals surface area contributed by atoms with Crippen molar-refractivity contribution in [3.05, 3.63) is 29.3 Å². The lowest BCUT2D eigenvalue weighted by Gasteiger charge is -2.23. The van der Waals surface area contributed by atoms with E-state index in [1.54, 1.807) is 0 Å². The lowest BCUT2D eigenvalue weighted by atomic mass is 10.1. The van der Waals surface area contributed by atoms with Gasteiger partial charge in [-0.3, -0.25) is 4.90 Å². The van der Waals surface area contributed by atoms with Crippen LogP contribution in [0.1, 0.15) is 17.5 Å². The smallest absolute Gasteiger partial charge is 0.119 e. The third-order valence-corrected chi connectivity index (χ3v) is 3.57. The molecule has 1 aromatic rings. The standard InChI is InChI=1S/C15H24N2O/c1-12-8-13(2)10-15(9-12)18-7-6-17(3)14-4-5-16-11-14/h8-10,14,16H,4-7,11H2,1-3H3. The molecule has 0 radical (unpaired) electrons. The van der Waals surface area contributed by atoms with Gasteiger partial charge in [0.05, 0.1) is 0 Å². The van der Waals surface area contributed by atoms with Crippen molar-refractivity contribution >= 4 is 0 Å². The first-order valence-corrected chi connectivity index (χ1v) is 6.77. The molecule has 2 rings (SSSR count). The number of nitrogens with one attached hydrogen (secondary N) is 1. The average molecular weight is 248 g/mol. The molecule has 1 fully saturated rings. The van der Waals surface area contributed by atoms with Crippen LogP contribution in [0.25, 0.3) is 0 Å². The van der Waals surface area contributed by atoms with Crippen LogP contribution in [-0.2, 0) is 0 Å². The number of likely N-dealkylation sites (N-methyl/N-ethyl adjacent to an activating group) is 1. The van der Waals surface area contributed by atoms with Gasteiger partial charge in [-0.2, -0.15) is 0 Å². The first-order chi connectivity index (χ1) is 8.65. The third-order valence-electron chi connectivity index (χ3n) is 3.57. The Morgan fingerprint density at radius 1 is 1.28 bits per heavy atom. The molecule has 18 heavy (non-hydrogen) atoms. The van der Waals surface area contributed by atoms with E-state index >= 15 is 0 Å². The number of benzene rings is 1. The number of hydrogen-bond acceptors (Lipinski definition) is 3. The minimum absolute atomic E-state index is 0.674. The molecule has 3 heteroatoms. The Bertz CT molecular complexity index is 366. The predicted molar refractivity (Wildman–Crippen MR) is 75.3 cm³/mol. The van der Waals surface area contributed by atoms with Gasteiger partial charge >= 0.3 is 0 Å². The van der Waals surface area contributed by atoms with Gasteiger partial charge in [0.2, 0.25) is 0 Å². The normalized spacial score (nSPS) is 19.4. The van der Waals surface area contributed by atoms with Gasteiger partial charge in [-0.25, -0.2) is 0 Å². The maximum Gasteiger partial charge on any atom is 0.119 e. The first kappa shape index (κ1) is 13.4. The van der Waals surface area contributed by atoms with Crippen LogP contribution in [0, 0.1) is 13.8 Å². The second-order valence-corrected chi connectivity index (χ2v) is 5.30. The van der Waals surface area contributed by atoms with E-state index in [-0.39, 0.29) is 0 Å². The molecule has 1 aliphatic heterocycles. The van der Waals surface area contributed by atoms with Gasteiger partial charge in [0, 0.05) is 19.1 Å². The van der Waals surface area contributed by atoms with Gasteiger partial charge < -0.3 is 10.1 Å². The molecule has 1 saturated heterocycles. The lowest BCUT2D eigenvalue weighted by molar-refractivity contribution is 0.199. The number of nitrogens with zero attached hydrogens (tertiary/aromatic N) is 1. The zero-order chi connectivity index (χ0) is 13.0. The third kappa shape index (κ3) is 3.72. The molecule has 0 spiro atoms. The summed E-state index contributed by atoms with van der Waals surface area (Å²) in [6, 6.07) is 7.05. The summed E-state index contributed by atoms with van der Waals surface area (Å²) in [5, 5.41) is 3.39. The zero-order valence-electron chi connectivity index (χ0n) is 11.7. The molecule has 1 aliphatic rings. The molecule has 0 saturated carbocycles. The second-order valence-electron chi connectivity index (χ2n) is 5.30. The highest BCUT2D eigenvalue weighted by molar-refractivity contribution is 5.32. The fourth-order valence-corrected chi connectivity index (χ4v) is 2.52. The molecule has 1 heterocycles. The lowest BCUT2D eigenvalue weighted by Crippen LogP contribution is -2.36. The molecular formula is C15H24N2O. The zero-order valence-corrected chi connectivity index (χ0v) is 11.7. The van der Waals surface area contributed by atoms with E-state index in [0.717, 1.165) is 32.0 Å². The predicted octanol–water partition coefficient (Wildman–Crippen LogP) is 1.98. The molecule has 0 amide bonds. The average Bonchev–Trinajstić information content (AvgIpc) is 2.80. The van der Waals surface area contributed by atoms with E-state index < -0.39 is 0 Å². The summed E-state index contributed by atoms with van der Waals surface area (Å²) < 4.78 is 5.84.